The van der Waals surface area contributed by atoms with Crippen LogP contribution in [0.3, 0.4) is 0 Å². The minimum absolute atomic E-state index is 0.187. The number of carbonyl (C=O) groups is 2. The van der Waals surface area contributed by atoms with Crippen molar-refractivity contribution in [3.05, 3.63) is 60.3 Å². The number of aryl methyl sites for hydroxylation is 1. The molecule has 1 N–H and O–H groups in total. The summed E-state index contributed by atoms with van der Waals surface area (Å²) in [6, 6.07) is 15.9. The van der Waals surface area contributed by atoms with Crippen molar-refractivity contribution in [2.24, 2.45) is 5.92 Å². The number of aromatic nitrogens is 1. The summed E-state index contributed by atoms with van der Waals surface area (Å²) in [6.45, 7) is 4.59. The average Bonchev–Trinajstić information content (AvgIpc) is 2.78. The number of rotatable bonds is 5. The molecule has 2 aromatic carbocycles. The Bertz CT molecular complexity index is 1130. The van der Waals surface area contributed by atoms with Crippen LogP contribution >= 0.6 is 0 Å². The zero-order chi connectivity index (χ0) is 22.0. The quantitative estimate of drug-likeness (QED) is 0.668. The molecule has 160 valence electrons. The number of nitrogens with zero attached hydrogens (tertiary/aromatic N) is 2. The van der Waals surface area contributed by atoms with Crippen LogP contribution in [0.4, 0.5) is 0 Å². The van der Waals surface area contributed by atoms with E-state index in [0.717, 1.165) is 22.0 Å². The van der Waals surface area contributed by atoms with Crippen LogP contribution < -0.4 is 4.74 Å². The molecule has 1 aromatic heterocycles. The molecule has 3 aromatic rings. The molecule has 31 heavy (non-hydrogen) atoms. The Balaban J connectivity index is 1.53. The maximum atomic E-state index is 12.8. The van der Waals surface area contributed by atoms with Gasteiger partial charge >= 0.3 is 5.97 Å². The molecule has 1 aliphatic heterocycles. The molecule has 0 bridgehead atoms. The van der Waals surface area contributed by atoms with E-state index in [9.17, 15) is 14.7 Å². The van der Waals surface area contributed by atoms with E-state index in [-0.39, 0.29) is 12.5 Å². The van der Waals surface area contributed by atoms with Gasteiger partial charge in [0.2, 0.25) is 0 Å². The second kappa shape index (κ2) is 8.76. The summed E-state index contributed by atoms with van der Waals surface area (Å²) in [5.41, 5.74) is 4.24. The molecule has 0 unspecified atom stereocenters. The van der Waals surface area contributed by atoms with Crippen LogP contribution in [-0.4, -0.2) is 46.1 Å². The first-order chi connectivity index (χ1) is 14.9. The van der Waals surface area contributed by atoms with E-state index in [1.54, 1.807) is 18.0 Å². The minimum Gasteiger partial charge on any atom is -0.481 e. The fourth-order valence-electron chi connectivity index (χ4n) is 4.20. The zero-order valence-electron chi connectivity index (χ0n) is 17.7. The lowest BCUT2D eigenvalue weighted by molar-refractivity contribution is -0.147. The molecular formula is C25H26N2O4. The summed E-state index contributed by atoms with van der Waals surface area (Å²) < 4.78 is 5.92. The number of fused-ring (bicyclic) bond motifs is 1. The largest absolute Gasteiger partial charge is 0.481 e. The fourth-order valence-corrected chi connectivity index (χ4v) is 4.20. The molecule has 2 heterocycles. The molecule has 6 nitrogen and oxygen atoms in total. The number of piperidine rings is 1. The molecule has 1 aliphatic rings. The molecule has 1 amide bonds. The number of ether oxygens (including phenoxy) is 1. The number of carboxylic acid groups (broad SMARTS) is 1. The van der Waals surface area contributed by atoms with Crippen molar-refractivity contribution in [2.45, 2.75) is 32.8 Å². The van der Waals surface area contributed by atoms with Gasteiger partial charge in [0, 0.05) is 30.7 Å². The topological polar surface area (TPSA) is 79.7 Å². The first-order valence-electron chi connectivity index (χ1n) is 10.6. The van der Waals surface area contributed by atoms with Crippen molar-refractivity contribution < 1.29 is 19.4 Å². The number of hydrogen-bond donors (Lipinski definition) is 1. The molecule has 1 saturated heterocycles. The maximum absolute atomic E-state index is 12.8. The Kier molecular flexibility index (Phi) is 5.89. The molecular weight excluding hydrogens is 392 g/mol. The van der Waals surface area contributed by atoms with Gasteiger partial charge in [0.05, 0.1) is 11.4 Å². The maximum Gasteiger partial charge on any atom is 0.308 e. The van der Waals surface area contributed by atoms with Crippen LogP contribution in [0, 0.1) is 12.8 Å². The van der Waals surface area contributed by atoms with Gasteiger partial charge in [-0.3, -0.25) is 14.6 Å². The van der Waals surface area contributed by atoms with Crippen molar-refractivity contribution in [2.75, 3.05) is 13.1 Å². The van der Waals surface area contributed by atoms with Crippen molar-refractivity contribution in [3.63, 3.8) is 0 Å². The van der Waals surface area contributed by atoms with E-state index in [1.165, 1.54) is 5.56 Å². The van der Waals surface area contributed by atoms with Gasteiger partial charge in [-0.2, -0.15) is 0 Å². The highest BCUT2D eigenvalue weighted by Crippen LogP contribution is 2.31. The van der Waals surface area contributed by atoms with Gasteiger partial charge in [-0.05, 0) is 61.6 Å². The predicted octanol–water partition coefficient (Wildman–Crippen LogP) is 4.30. The monoisotopic (exact) mass is 418 g/mol. The molecule has 0 saturated carbocycles. The number of benzene rings is 2. The first kappa shape index (κ1) is 20.8. The number of amides is 1. The van der Waals surface area contributed by atoms with Gasteiger partial charge in [0.25, 0.3) is 5.91 Å². The summed E-state index contributed by atoms with van der Waals surface area (Å²) in [7, 11) is 0. The van der Waals surface area contributed by atoms with Crippen molar-refractivity contribution in [1.29, 1.82) is 0 Å². The number of carboxylic acids is 1. The van der Waals surface area contributed by atoms with Crippen LogP contribution in [-0.2, 0) is 9.59 Å². The number of carbonyl (C=O) groups excluding carboxylic acids is 1. The molecule has 1 fully saturated rings. The Labute approximate surface area is 181 Å². The normalized spacial score (nSPS) is 17.4. The van der Waals surface area contributed by atoms with Crippen LogP contribution in [0.25, 0.3) is 22.0 Å². The highest BCUT2D eigenvalue weighted by molar-refractivity contribution is 5.95. The van der Waals surface area contributed by atoms with Crippen LogP contribution in [0.2, 0.25) is 0 Å². The lowest BCUT2D eigenvalue weighted by Gasteiger charge is -2.32. The van der Waals surface area contributed by atoms with Crippen LogP contribution in [0.15, 0.2) is 54.7 Å². The third-order valence-electron chi connectivity index (χ3n) is 5.89. The van der Waals surface area contributed by atoms with Gasteiger partial charge in [0.15, 0.2) is 6.10 Å². The highest BCUT2D eigenvalue weighted by Gasteiger charge is 2.31. The van der Waals surface area contributed by atoms with Crippen molar-refractivity contribution in [1.82, 2.24) is 9.88 Å². The number of pyridine rings is 1. The summed E-state index contributed by atoms with van der Waals surface area (Å²) in [4.78, 5) is 30.2. The van der Waals surface area contributed by atoms with Gasteiger partial charge in [-0.15, -0.1) is 0 Å². The molecule has 0 radical (unpaired) electrons. The standard InChI is InChI=1S/C25H26N2O4/c1-16-6-3-4-8-20(16)21-11-12-26-23-14-19(9-10-22(21)23)31-17(2)24(28)27-13-5-7-18(15-27)25(29)30/h3-4,6,8-12,14,17-18H,5,7,13,15H2,1-2H3,(H,29,30)/t17-,18+/m1/s1. The van der Waals surface area contributed by atoms with E-state index < -0.39 is 18.0 Å². The summed E-state index contributed by atoms with van der Waals surface area (Å²) in [6.07, 6.45) is 2.37. The first-order valence-corrected chi connectivity index (χ1v) is 10.6. The van der Waals surface area contributed by atoms with Crippen LogP contribution in [0.1, 0.15) is 25.3 Å². The van der Waals surface area contributed by atoms with Crippen LogP contribution in [0.5, 0.6) is 5.75 Å². The molecule has 4 rings (SSSR count). The lowest BCUT2D eigenvalue weighted by Crippen LogP contribution is -2.47. The number of aliphatic carboxylic acids is 1. The van der Waals surface area contributed by atoms with Crippen molar-refractivity contribution in [3.8, 4) is 16.9 Å². The Morgan fingerprint density at radius 1 is 1.16 bits per heavy atom. The number of likely N-dealkylation sites (tertiary alicyclic amines) is 1. The van der Waals surface area contributed by atoms with E-state index in [2.05, 4.69) is 24.0 Å². The lowest BCUT2D eigenvalue weighted by atomic mass is 9.97. The Hall–Kier alpha value is -3.41. The van der Waals surface area contributed by atoms with E-state index in [1.807, 2.05) is 36.4 Å². The number of hydrogen-bond acceptors (Lipinski definition) is 4. The summed E-state index contributed by atoms with van der Waals surface area (Å²) >= 11 is 0. The minimum atomic E-state index is -0.851. The molecule has 2 atom stereocenters. The van der Waals surface area contributed by atoms with Gasteiger partial charge in [-0.25, -0.2) is 0 Å². The average molecular weight is 418 g/mol. The molecule has 0 spiro atoms. The van der Waals surface area contributed by atoms with Crippen molar-refractivity contribution >= 4 is 22.8 Å². The Morgan fingerprint density at radius 3 is 2.74 bits per heavy atom. The second-order valence-electron chi connectivity index (χ2n) is 8.07. The van der Waals surface area contributed by atoms with Gasteiger partial charge in [0.1, 0.15) is 5.75 Å². The van der Waals surface area contributed by atoms with Gasteiger partial charge < -0.3 is 14.7 Å². The highest BCUT2D eigenvalue weighted by atomic mass is 16.5. The second-order valence-corrected chi connectivity index (χ2v) is 8.07. The van der Waals surface area contributed by atoms with E-state index >= 15 is 0 Å². The third-order valence-corrected chi connectivity index (χ3v) is 5.89. The predicted molar refractivity (Wildman–Crippen MR) is 119 cm³/mol. The molecule has 6 heteroatoms. The summed E-state index contributed by atoms with van der Waals surface area (Å²) in [5.74, 6) is -0.979. The SMILES string of the molecule is Cc1ccccc1-c1ccnc2cc(O[C@H](C)C(=O)N3CCC[C@H](C(=O)O)C3)ccc12. The third kappa shape index (κ3) is 4.38. The molecule has 0 aliphatic carbocycles. The Morgan fingerprint density at radius 2 is 1.97 bits per heavy atom. The fraction of sp³-hybridized carbons (Fsp3) is 0.320. The smallest absolute Gasteiger partial charge is 0.308 e. The summed E-state index contributed by atoms with van der Waals surface area (Å²) in [5, 5.41) is 10.3. The zero-order valence-corrected chi connectivity index (χ0v) is 17.7. The van der Waals surface area contributed by atoms with E-state index in [0.29, 0.717) is 25.1 Å². The van der Waals surface area contributed by atoms with E-state index in [4.69, 9.17) is 4.74 Å². The van der Waals surface area contributed by atoms with Gasteiger partial charge in [-0.1, -0.05) is 24.3 Å².